The molecule has 45 heavy (non-hydrogen) atoms. The highest BCUT2D eigenvalue weighted by atomic mass is 35.5. The third-order valence-corrected chi connectivity index (χ3v) is 11.8. The number of nitro benzene ring substituents is 1. The van der Waals surface area contributed by atoms with E-state index in [2.05, 4.69) is 26.9 Å². The summed E-state index contributed by atoms with van der Waals surface area (Å²) >= 11 is 5.98. The quantitative estimate of drug-likeness (QED) is 0.185. The van der Waals surface area contributed by atoms with Gasteiger partial charge in [-0.15, -0.1) is 0 Å². The van der Waals surface area contributed by atoms with Crippen molar-refractivity contribution in [2.75, 3.05) is 16.3 Å². The molecule has 4 aliphatic rings. The van der Waals surface area contributed by atoms with E-state index in [1.54, 1.807) is 0 Å². The lowest BCUT2D eigenvalue weighted by Gasteiger charge is -2.35. The van der Waals surface area contributed by atoms with Crippen molar-refractivity contribution >= 4 is 58.7 Å². The van der Waals surface area contributed by atoms with Crippen molar-refractivity contribution in [1.29, 1.82) is 0 Å². The number of halogens is 1. The first-order valence-electron chi connectivity index (χ1n) is 14.3. The van der Waals surface area contributed by atoms with E-state index in [-0.39, 0.29) is 39.1 Å². The van der Waals surface area contributed by atoms with E-state index < -0.39 is 46.1 Å². The Hall–Kier alpha value is -2.96. The zero-order valence-corrected chi connectivity index (χ0v) is 27.4. The molecule has 4 unspecified atom stereocenters. The fraction of sp³-hybridized carbons (Fsp3) is 0.481. The van der Waals surface area contributed by atoms with Gasteiger partial charge in [0.1, 0.15) is 9.79 Å². The lowest BCUT2D eigenvalue weighted by atomic mass is 9.91. The summed E-state index contributed by atoms with van der Waals surface area (Å²) in [6.07, 6.45) is 11.5. The first-order chi connectivity index (χ1) is 21.0. The zero-order valence-electron chi connectivity index (χ0n) is 24.2. The highest BCUT2D eigenvalue weighted by Gasteiger charge is 2.44. The van der Waals surface area contributed by atoms with Crippen LogP contribution in [0.3, 0.4) is 0 Å². The van der Waals surface area contributed by atoms with Gasteiger partial charge in [-0.2, -0.15) is 4.72 Å². The van der Waals surface area contributed by atoms with Crippen molar-refractivity contribution in [3.63, 3.8) is 0 Å². The minimum atomic E-state index is -4.11. The molecule has 6 rings (SSSR count). The van der Waals surface area contributed by atoms with E-state index in [1.807, 2.05) is 0 Å². The molecule has 2 aromatic carbocycles. The van der Waals surface area contributed by atoms with Crippen molar-refractivity contribution in [2.24, 2.45) is 22.9 Å². The summed E-state index contributed by atoms with van der Waals surface area (Å²) in [6, 6.07) is 6.52. The molecule has 2 saturated carbocycles. The van der Waals surface area contributed by atoms with Crippen molar-refractivity contribution in [3.8, 4) is 5.75 Å². The molecule has 3 aliphatic carbocycles. The van der Waals surface area contributed by atoms with E-state index in [0.717, 1.165) is 57.3 Å². The Morgan fingerprint density at radius 3 is 2.38 bits per heavy atom. The molecule has 2 aromatic rings. The van der Waals surface area contributed by atoms with Crippen LogP contribution >= 0.6 is 11.6 Å². The summed E-state index contributed by atoms with van der Waals surface area (Å²) < 4.78 is 81.7. The Morgan fingerprint density at radius 2 is 1.80 bits per heavy atom. The van der Waals surface area contributed by atoms with Crippen LogP contribution in [-0.4, -0.2) is 48.7 Å². The second-order valence-electron chi connectivity index (χ2n) is 11.7. The van der Waals surface area contributed by atoms with Crippen molar-refractivity contribution in [1.82, 2.24) is 4.72 Å². The first kappa shape index (κ1) is 33.4. The Morgan fingerprint density at radius 1 is 1.09 bits per heavy atom. The van der Waals surface area contributed by atoms with Crippen LogP contribution in [-0.2, 0) is 30.1 Å². The molecule has 4 atom stereocenters. The maximum atomic E-state index is 12.6. The monoisotopic (exact) mass is 703 g/mol. The lowest BCUT2D eigenvalue weighted by Crippen LogP contribution is -2.50. The average molecular weight is 704 g/mol. The second kappa shape index (κ2) is 12.7. The number of ether oxygens (including phenoxy) is 1. The number of nitrogens with two attached hydrogens (primary N) is 1. The van der Waals surface area contributed by atoms with Gasteiger partial charge in [0.25, 0.3) is 0 Å². The molecule has 0 amide bonds. The van der Waals surface area contributed by atoms with Gasteiger partial charge >= 0.3 is 5.69 Å². The number of rotatable bonds is 7. The van der Waals surface area contributed by atoms with Crippen LogP contribution in [0.1, 0.15) is 44.9 Å². The summed E-state index contributed by atoms with van der Waals surface area (Å²) in [5, 5.41) is 19.3. The van der Waals surface area contributed by atoms with Crippen LogP contribution in [0, 0.1) is 27.9 Å². The van der Waals surface area contributed by atoms with Gasteiger partial charge in [-0.25, -0.2) is 30.4 Å². The lowest BCUT2D eigenvalue weighted by molar-refractivity contribution is -0.386. The third-order valence-electron chi connectivity index (χ3n) is 8.30. The van der Waals surface area contributed by atoms with Crippen LogP contribution < -0.4 is 24.6 Å². The summed E-state index contributed by atoms with van der Waals surface area (Å²) in [4.78, 5) is 10.00. The number of benzene rings is 2. The van der Waals surface area contributed by atoms with Gasteiger partial charge in [0, 0.05) is 12.0 Å². The van der Waals surface area contributed by atoms with Gasteiger partial charge in [-0.05, 0) is 68.6 Å². The van der Waals surface area contributed by atoms with Crippen LogP contribution in [0.5, 0.6) is 5.75 Å². The number of primary sulfonamides is 1. The number of allylic oxidation sites excluding steroid dienone is 2. The number of sulfonamides is 3. The van der Waals surface area contributed by atoms with Gasteiger partial charge in [0.2, 0.25) is 35.8 Å². The maximum absolute atomic E-state index is 12.6. The molecule has 18 heteroatoms. The van der Waals surface area contributed by atoms with Crippen molar-refractivity contribution < 1.29 is 34.9 Å². The SMILES string of the molecule is CS(=O)(=O)Nc1cccc([N+](=O)[O-])c1OC1CCCCC1.NS(=O)(=O)c1cc2c(cc1Cl)NC(C1CC3C=CC1C3)NS2(=O)=O. The molecule has 1 aliphatic heterocycles. The summed E-state index contributed by atoms with van der Waals surface area (Å²) in [5.41, 5.74) is 0.175. The Bertz CT molecular complexity index is 1850. The molecule has 0 saturated heterocycles. The van der Waals surface area contributed by atoms with Crippen LogP contribution in [0.4, 0.5) is 17.1 Å². The van der Waals surface area contributed by atoms with Crippen LogP contribution in [0.2, 0.25) is 5.02 Å². The molecule has 14 nitrogen and oxygen atoms in total. The summed E-state index contributed by atoms with van der Waals surface area (Å²) in [5.74, 6) is 0.997. The van der Waals surface area contributed by atoms with Crippen molar-refractivity contribution in [2.45, 2.75) is 67.0 Å². The van der Waals surface area contributed by atoms with Crippen LogP contribution in [0.25, 0.3) is 0 Å². The maximum Gasteiger partial charge on any atom is 0.313 e. The van der Waals surface area contributed by atoms with Crippen LogP contribution in [0.15, 0.2) is 52.3 Å². The van der Waals surface area contributed by atoms with E-state index in [0.29, 0.717) is 17.5 Å². The Labute approximate surface area is 267 Å². The zero-order chi connectivity index (χ0) is 32.7. The highest BCUT2D eigenvalue weighted by molar-refractivity contribution is 7.92. The van der Waals surface area contributed by atoms with Crippen molar-refractivity contribution in [3.05, 3.63) is 57.6 Å². The largest absolute Gasteiger partial charge is 0.482 e. The predicted molar refractivity (Wildman–Crippen MR) is 168 cm³/mol. The summed E-state index contributed by atoms with van der Waals surface area (Å²) in [7, 11) is -11.5. The predicted octanol–water partition coefficient (Wildman–Crippen LogP) is 3.91. The number of para-hydroxylation sites is 1. The average Bonchev–Trinajstić information content (AvgIpc) is 3.57. The number of nitrogens with zero attached hydrogens (tertiary/aromatic N) is 1. The minimum absolute atomic E-state index is 0.000162. The van der Waals surface area contributed by atoms with Gasteiger partial charge in [-0.3, -0.25) is 14.8 Å². The molecule has 2 fully saturated rings. The molecule has 0 radical (unpaired) electrons. The smallest absolute Gasteiger partial charge is 0.313 e. The third kappa shape index (κ3) is 7.72. The van der Waals surface area contributed by atoms with E-state index in [4.69, 9.17) is 21.5 Å². The molecule has 5 N–H and O–H groups in total. The molecular formula is C27H34ClN5O9S3. The first-order valence-corrected chi connectivity index (χ1v) is 19.6. The number of nitro groups is 1. The molecule has 0 spiro atoms. The number of hydrogen-bond acceptors (Lipinski definition) is 10. The molecule has 0 aromatic heterocycles. The van der Waals surface area contributed by atoms with Gasteiger partial charge in [-0.1, -0.05) is 36.2 Å². The van der Waals surface area contributed by atoms with Gasteiger partial charge in [0.05, 0.1) is 39.8 Å². The van der Waals surface area contributed by atoms with E-state index in [9.17, 15) is 35.4 Å². The minimum Gasteiger partial charge on any atom is -0.482 e. The molecule has 1 heterocycles. The Kier molecular flexibility index (Phi) is 9.41. The normalized spacial score (nSPS) is 25.4. The van der Waals surface area contributed by atoms with E-state index >= 15 is 0 Å². The van der Waals surface area contributed by atoms with Gasteiger partial charge in [0.15, 0.2) is 0 Å². The number of fused-ring (bicyclic) bond motifs is 3. The number of hydrogen-bond donors (Lipinski definition) is 4. The second-order valence-corrected chi connectivity index (χ2v) is 17.0. The van der Waals surface area contributed by atoms with Gasteiger partial charge < -0.3 is 10.1 Å². The fourth-order valence-corrected chi connectivity index (χ4v) is 9.45. The van der Waals surface area contributed by atoms with E-state index in [1.165, 1.54) is 24.3 Å². The Balaban J connectivity index is 0.000000180. The fourth-order valence-electron chi connectivity index (χ4n) is 6.34. The molecular weight excluding hydrogens is 670 g/mol. The number of anilines is 2. The molecule has 2 bridgehead atoms. The summed E-state index contributed by atoms with van der Waals surface area (Å²) in [6.45, 7) is 0. The topological polar surface area (TPSA) is 217 Å². The highest BCUT2D eigenvalue weighted by Crippen LogP contribution is 2.46. The standard InChI is InChI=1S/C14H16ClN3O4S2.C13H18N2O5S/c15-10-5-11-13(6-12(10)23(16,19)20)24(21,22)18-14(17-11)9-4-7-1-2-8(9)3-7;1-21(18,19)14-11-8-5-9-12(15(16)17)13(11)20-10-6-3-2-4-7-10/h1-2,5-9,14,17-18H,3-4H2,(H2,16,19,20);5,8-10,14H,2-4,6-7H2,1H3. The number of nitrogens with one attached hydrogen (secondary N) is 3. The molecule has 246 valence electrons.